The Morgan fingerprint density at radius 2 is 1.80 bits per heavy atom. The van der Waals surface area contributed by atoms with Gasteiger partial charge in [-0.1, -0.05) is 25.7 Å². The van der Waals surface area contributed by atoms with Gasteiger partial charge in [-0.3, -0.25) is 0 Å². The minimum atomic E-state index is 0.560. The molecule has 0 aliphatic heterocycles. The molecule has 0 aromatic rings. The largest absolute Gasteiger partial charge is 0.327 e. The third kappa shape index (κ3) is 1.20. The van der Waals surface area contributed by atoms with Gasteiger partial charge in [-0.05, 0) is 24.7 Å². The second kappa shape index (κ2) is 2.54. The molecule has 0 amide bonds. The molecule has 0 radical (unpaired) electrons. The molecule has 0 unspecified atom stereocenters. The van der Waals surface area contributed by atoms with Crippen molar-refractivity contribution >= 4 is 0 Å². The maximum Gasteiger partial charge on any atom is 0.00699 e. The fourth-order valence-electron chi connectivity index (χ4n) is 2.30. The van der Waals surface area contributed by atoms with Gasteiger partial charge in [0.15, 0.2) is 0 Å². The van der Waals surface area contributed by atoms with Crippen molar-refractivity contribution in [1.82, 2.24) is 0 Å². The topological polar surface area (TPSA) is 26.0 Å². The first-order chi connectivity index (χ1) is 4.88. The molecule has 1 heteroatoms. The van der Waals surface area contributed by atoms with E-state index in [1.165, 1.54) is 38.5 Å². The zero-order chi connectivity index (χ0) is 6.97. The predicted molar refractivity (Wildman–Crippen MR) is 42.7 cm³/mol. The zero-order valence-electron chi connectivity index (χ0n) is 6.55. The van der Waals surface area contributed by atoms with E-state index in [-0.39, 0.29) is 0 Å². The van der Waals surface area contributed by atoms with Gasteiger partial charge < -0.3 is 5.73 Å². The molecule has 2 aliphatic carbocycles. The van der Waals surface area contributed by atoms with Gasteiger partial charge in [0.25, 0.3) is 0 Å². The van der Waals surface area contributed by atoms with E-state index in [0.29, 0.717) is 6.04 Å². The molecule has 2 saturated carbocycles. The van der Waals surface area contributed by atoms with Crippen molar-refractivity contribution in [2.24, 2.45) is 17.6 Å². The van der Waals surface area contributed by atoms with Crippen molar-refractivity contribution in [2.75, 3.05) is 0 Å². The lowest BCUT2D eigenvalue weighted by molar-refractivity contribution is 0.434. The summed E-state index contributed by atoms with van der Waals surface area (Å²) in [6, 6.07) is 0.560. The van der Waals surface area contributed by atoms with Crippen LogP contribution in [-0.2, 0) is 0 Å². The average Bonchev–Trinajstić information content (AvgIpc) is 2.62. The number of fused-ring (bicyclic) bond motifs is 1. The van der Waals surface area contributed by atoms with Gasteiger partial charge in [-0.25, -0.2) is 0 Å². The first-order valence-electron chi connectivity index (χ1n) is 4.63. The highest BCUT2D eigenvalue weighted by molar-refractivity contribution is 4.94. The molecule has 0 spiro atoms. The van der Waals surface area contributed by atoms with E-state index in [1.807, 2.05) is 0 Å². The van der Waals surface area contributed by atoms with Gasteiger partial charge in [-0.15, -0.1) is 0 Å². The first kappa shape index (κ1) is 6.66. The standard InChI is InChI=1S/C9H17N/c10-9-5-3-1-2-4-7-6-8(7)9/h7-9H,1-6,10H2/t7-,8+,9-/m0/s1. The Bertz CT molecular complexity index is 122. The van der Waals surface area contributed by atoms with Crippen molar-refractivity contribution < 1.29 is 0 Å². The van der Waals surface area contributed by atoms with Crippen LogP contribution in [0.15, 0.2) is 0 Å². The van der Waals surface area contributed by atoms with Crippen LogP contribution >= 0.6 is 0 Å². The molecule has 58 valence electrons. The minimum absolute atomic E-state index is 0.560. The molecule has 0 bridgehead atoms. The molecule has 0 saturated heterocycles. The molecule has 0 heterocycles. The third-order valence-corrected chi connectivity index (χ3v) is 3.14. The number of hydrogen-bond acceptors (Lipinski definition) is 1. The van der Waals surface area contributed by atoms with Crippen molar-refractivity contribution in [3.05, 3.63) is 0 Å². The van der Waals surface area contributed by atoms with Gasteiger partial charge in [0.1, 0.15) is 0 Å². The van der Waals surface area contributed by atoms with Gasteiger partial charge in [-0.2, -0.15) is 0 Å². The average molecular weight is 139 g/mol. The van der Waals surface area contributed by atoms with Crippen LogP contribution in [0.3, 0.4) is 0 Å². The number of hydrogen-bond donors (Lipinski definition) is 1. The van der Waals surface area contributed by atoms with Crippen LogP contribution in [0.25, 0.3) is 0 Å². The summed E-state index contributed by atoms with van der Waals surface area (Å²) in [6.07, 6.45) is 8.48. The fourth-order valence-corrected chi connectivity index (χ4v) is 2.30. The van der Waals surface area contributed by atoms with E-state index in [1.54, 1.807) is 0 Å². The molecule has 2 aliphatic rings. The molecule has 3 atom stereocenters. The van der Waals surface area contributed by atoms with Crippen LogP contribution in [0.2, 0.25) is 0 Å². The van der Waals surface area contributed by atoms with E-state index < -0.39 is 0 Å². The molecule has 2 N–H and O–H groups in total. The highest BCUT2D eigenvalue weighted by Crippen LogP contribution is 2.46. The monoisotopic (exact) mass is 139 g/mol. The smallest absolute Gasteiger partial charge is 0.00699 e. The third-order valence-electron chi connectivity index (χ3n) is 3.14. The highest BCUT2D eigenvalue weighted by atomic mass is 14.7. The van der Waals surface area contributed by atoms with Crippen LogP contribution < -0.4 is 5.73 Å². The lowest BCUT2D eigenvalue weighted by Crippen LogP contribution is -2.24. The second-order valence-corrected chi connectivity index (χ2v) is 3.96. The predicted octanol–water partition coefficient (Wildman–Crippen LogP) is 1.91. The highest BCUT2D eigenvalue weighted by Gasteiger charge is 2.40. The molecule has 0 aromatic heterocycles. The Labute approximate surface area is 63.0 Å². The van der Waals surface area contributed by atoms with Gasteiger partial charge in [0.2, 0.25) is 0 Å². The molecule has 2 fully saturated rings. The van der Waals surface area contributed by atoms with Crippen LogP contribution in [0.4, 0.5) is 0 Å². The zero-order valence-corrected chi connectivity index (χ0v) is 6.55. The maximum atomic E-state index is 5.99. The van der Waals surface area contributed by atoms with Crippen LogP contribution in [0, 0.1) is 11.8 Å². The molecular formula is C9H17N. The fraction of sp³-hybridized carbons (Fsp3) is 1.00. The molecular weight excluding hydrogens is 122 g/mol. The lowest BCUT2D eigenvalue weighted by atomic mass is 9.97. The molecule has 1 nitrogen and oxygen atoms in total. The normalized spacial score (nSPS) is 47.1. The van der Waals surface area contributed by atoms with Crippen molar-refractivity contribution in [3.8, 4) is 0 Å². The minimum Gasteiger partial charge on any atom is -0.327 e. The molecule has 2 rings (SSSR count). The van der Waals surface area contributed by atoms with E-state index in [4.69, 9.17) is 5.73 Å². The van der Waals surface area contributed by atoms with E-state index >= 15 is 0 Å². The lowest BCUT2D eigenvalue weighted by Gasteiger charge is -2.13. The summed E-state index contributed by atoms with van der Waals surface area (Å²) in [7, 11) is 0. The summed E-state index contributed by atoms with van der Waals surface area (Å²) in [5.74, 6) is 1.97. The number of nitrogens with two attached hydrogens (primary N) is 1. The van der Waals surface area contributed by atoms with Crippen molar-refractivity contribution in [3.63, 3.8) is 0 Å². The second-order valence-electron chi connectivity index (χ2n) is 3.96. The van der Waals surface area contributed by atoms with Gasteiger partial charge in [0, 0.05) is 6.04 Å². The summed E-state index contributed by atoms with van der Waals surface area (Å²) in [5.41, 5.74) is 5.99. The van der Waals surface area contributed by atoms with E-state index in [9.17, 15) is 0 Å². The quantitative estimate of drug-likeness (QED) is 0.545. The Morgan fingerprint density at radius 3 is 2.70 bits per heavy atom. The summed E-state index contributed by atoms with van der Waals surface area (Å²) in [5, 5.41) is 0. The van der Waals surface area contributed by atoms with E-state index in [0.717, 1.165) is 11.8 Å². The van der Waals surface area contributed by atoms with Crippen LogP contribution in [0.5, 0.6) is 0 Å². The Balaban J connectivity index is 1.88. The first-order valence-corrected chi connectivity index (χ1v) is 4.63. The summed E-state index contributed by atoms with van der Waals surface area (Å²) >= 11 is 0. The summed E-state index contributed by atoms with van der Waals surface area (Å²) in [6.45, 7) is 0. The van der Waals surface area contributed by atoms with Crippen LogP contribution in [0.1, 0.15) is 38.5 Å². The maximum absolute atomic E-state index is 5.99. The van der Waals surface area contributed by atoms with Crippen molar-refractivity contribution in [2.45, 2.75) is 44.6 Å². The van der Waals surface area contributed by atoms with Crippen LogP contribution in [-0.4, -0.2) is 6.04 Å². The molecule has 0 aromatic carbocycles. The van der Waals surface area contributed by atoms with Crippen molar-refractivity contribution in [1.29, 1.82) is 0 Å². The Morgan fingerprint density at radius 1 is 1.00 bits per heavy atom. The van der Waals surface area contributed by atoms with E-state index in [2.05, 4.69) is 0 Å². The SMILES string of the molecule is N[C@H]1CCCCC[C@H]2C[C@H]21. The Hall–Kier alpha value is -0.0400. The van der Waals surface area contributed by atoms with Gasteiger partial charge in [0.05, 0.1) is 0 Å². The van der Waals surface area contributed by atoms with Gasteiger partial charge >= 0.3 is 0 Å². The number of rotatable bonds is 0. The summed E-state index contributed by atoms with van der Waals surface area (Å²) < 4.78 is 0. The Kier molecular flexibility index (Phi) is 1.69. The summed E-state index contributed by atoms with van der Waals surface area (Å²) in [4.78, 5) is 0. The molecule has 10 heavy (non-hydrogen) atoms.